The summed E-state index contributed by atoms with van der Waals surface area (Å²) in [5, 5.41) is 2.96. The fourth-order valence-electron chi connectivity index (χ4n) is 1.97. The molecule has 0 aliphatic heterocycles. The minimum absolute atomic E-state index is 0.320. The van der Waals surface area contributed by atoms with Crippen molar-refractivity contribution in [2.75, 3.05) is 14.2 Å². The fourth-order valence-corrected chi connectivity index (χ4v) is 1.97. The second kappa shape index (κ2) is 5.75. The number of halogens is 2. The molecule has 0 aliphatic carbocycles. The summed E-state index contributed by atoms with van der Waals surface area (Å²) in [6.07, 6.45) is 1.60. The maximum absolute atomic E-state index is 13.9. The van der Waals surface area contributed by atoms with E-state index >= 15 is 0 Å². The maximum atomic E-state index is 13.9. The molecule has 0 aliphatic rings. The minimum Gasteiger partial charge on any atom is -0.495 e. The van der Waals surface area contributed by atoms with Crippen LogP contribution in [0.1, 0.15) is 17.3 Å². The van der Waals surface area contributed by atoms with Crippen molar-refractivity contribution >= 4 is 0 Å². The molecule has 2 rings (SSSR count). The summed E-state index contributed by atoms with van der Waals surface area (Å²) in [7, 11) is 3.20. The van der Waals surface area contributed by atoms with E-state index in [4.69, 9.17) is 4.74 Å². The first-order chi connectivity index (χ1) is 9.17. The smallest absolute Gasteiger partial charge is 0.142 e. The van der Waals surface area contributed by atoms with Crippen molar-refractivity contribution in [1.29, 1.82) is 0 Å². The number of pyridine rings is 1. The first-order valence-electron chi connectivity index (χ1n) is 5.78. The molecule has 1 N–H and O–H groups in total. The van der Waals surface area contributed by atoms with E-state index in [0.29, 0.717) is 17.0 Å². The number of benzene rings is 1. The van der Waals surface area contributed by atoms with Crippen LogP contribution in [-0.2, 0) is 0 Å². The summed E-state index contributed by atoms with van der Waals surface area (Å²) < 4.78 is 32.0. The third-order valence-electron chi connectivity index (χ3n) is 2.86. The van der Waals surface area contributed by atoms with Gasteiger partial charge >= 0.3 is 0 Å². The van der Waals surface area contributed by atoms with Gasteiger partial charge in [-0.15, -0.1) is 0 Å². The van der Waals surface area contributed by atoms with Crippen LogP contribution >= 0.6 is 0 Å². The summed E-state index contributed by atoms with van der Waals surface area (Å²) in [4.78, 5) is 4.21. The quantitative estimate of drug-likeness (QED) is 0.922. The lowest BCUT2D eigenvalue weighted by Gasteiger charge is -2.19. The predicted octanol–water partition coefficient (Wildman–Crippen LogP) is 2.68. The van der Waals surface area contributed by atoms with E-state index < -0.39 is 17.7 Å². The van der Waals surface area contributed by atoms with Gasteiger partial charge in [-0.25, -0.2) is 8.78 Å². The molecule has 2 aromatic rings. The van der Waals surface area contributed by atoms with Gasteiger partial charge in [-0.3, -0.25) is 4.98 Å². The Kier molecular flexibility index (Phi) is 4.06. The van der Waals surface area contributed by atoms with Gasteiger partial charge in [0.05, 0.1) is 13.2 Å². The number of hydrogen-bond donors (Lipinski definition) is 1. The standard InChI is InChI=1S/C14H14F2N2O/c1-17-13(10-6-5-9(15)8-11(10)16)14-12(19-2)4-3-7-18-14/h3-8,13,17H,1-2H3. The zero-order chi connectivity index (χ0) is 13.8. The van der Waals surface area contributed by atoms with Gasteiger partial charge in [-0.2, -0.15) is 0 Å². The Bertz CT molecular complexity index is 575. The average Bonchev–Trinajstić information content (AvgIpc) is 2.42. The van der Waals surface area contributed by atoms with Gasteiger partial charge in [0.2, 0.25) is 0 Å². The summed E-state index contributed by atoms with van der Waals surface area (Å²) in [6, 6.07) is 6.45. The van der Waals surface area contributed by atoms with E-state index in [1.54, 1.807) is 25.4 Å². The van der Waals surface area contributed by atoms with Crippen molar-refractivity contribution in [3.05, 3.63) is 59.4 Å². The number of rotatable bonds is 4. The van der Waals surface area contributed by atoms with Crippen LogP contribution in [0.5, 0.6) is 5.75 Å². The van der Waals surface area contributed by atoms with E-state index in [1.165, 1.54) is 19.2 Å². The molecule has 1 unspecified atom stereocenters. The molecule has 1 atom stereocenters. The van der Waals surface area contributed by atoms with Crippen molar-refractivity contribution in [2.24, 2.45) is 0 Å². The Hall–Kier alpha value is -2.01. The molecule has 1 aromatic carbocycles. The Morgan fingerprint density at radius 1 is 1.26 bits per heavy atom. The zero-order valence-electron chi connectivity index (χ0n) is 10.7. The van der Waals surface area contributed by atoms with Gasteiger partial charge in [-0.05, 0) is 25.2 Å². The highest BCUT2D eigenvalue weighted by Gasteiger charge is 2.21. The van der Waals surface area contributed by atoms with Crippen molar-refractivity contribution < 1.29 is 13.5 Å². The fraction of sp³-hybridized carbons (Fsp3) is 0.214. The predicted molar refractivity (Wildman–Crippen MR) is 68.0 cm³/mol. The molecule has 100 valence electrons. The number of hydrogen-bond acceptors (Lipinski definition) is 3. The topological polar surface area (TPSA) is 34.2 Å². The highest BCUT2D eigenvalue weighted by atomic mass is 19.1. The molecule has 0 bridgehead atoms. The molecular weight excluding hydrogens is 250 g/mol. The molecular formula is C14H14F2N2O. The molecule has 0 saturated carbocycles. The van der Waals surface area contributed by atoms with E-state index in [2.05, 4.69) is 10.3 Å². The first kappa shape index (κ1) is 13.4. The first-order valence-corrected chi connectivity index (χ1v) is 5.78. The third kappa shape index (κ3) is 2.71. The lowest BCUT2D eigenvalue weighted by atomic mass is 10.0. The average molecular weight is 264 g/mol. The third-order valence-corrected chi connectivity index (χ3v) is 2.86. The van der Waals surface area contributed by atoms with Crippen LogP contribution in [0.15, 0.2) is 36.5 Å². The van der Waals surface area contributed by atoms with Gasteiger partial charge in [0.15, 0.2) is 0 Å². The summed E-state index contributed by atoms with van der Waals surface area (Å²) in [5.41, 5.74) is 0.874. The number of ether oxygens (including phenoxy) is 1. The van der Waals surface area contributed by atoms with Crippen LogP contribution in [0.25, 0.3) is 0 Å². The Morgan fingerprint density at radius 3 is 2.68 bits per heavy atom. The van der Waals surface area contributed by atoms with Crippen LogP contribution in [0.2, 0.25) is 0 Å². The Balaban J connectivity index is 2.50. The minimum atomic E-state index is -0.618. The largest absolute Gasteiger partial charge is 0.495 e. The zero-order valence-corrected chi connectivity index (χ0v) is 10.7. The summed E-state index contributed by atoms with van der Waals surface area (Å²) in [5.74, 6) is -0.679. The molecule has 5 heteroatoms. The van der Waals surface area contributed by atoms with Gasteiger partial charge < -0.3 is 10.1 Å². The lowest BCUT2D eigenvalue weighted by Crippen LogP contribution is -2.21. The molecule has 3 nitrogen and oxygen atoms in total. The second-order valence-corrected chi connectivity index (χ2v) is 3.98. The van der Waals surface area contributed by atoms with Crippen LogP contribution in [0.4, 0.5) is 8.78 Å². The van der Waals surface area contributed by atoms with E-state index in [1.807, 2.05) is 0 Å². The highest BCUT2D eigenvalue weighted by Crippen LogP contribution is 2.29. The number of nitrogens with one attached hydrogen (secondary N) is 1. The molecule has 0 radical (unpaired) electrons. The van der Waals surface area contributed by atoms with Gasteiger partial charge in [0.1, 0.15) is 23.1 Å². The van der Waals surface area contributed by atoms with Crippen molar-refractivity contribution in [1.82, 2.24) is 10.3 Å². The molecule has 0 amide bonds. The van der Waals surface area contributed by atoms with E-state index in [9.17, 15) is 8.78 Å². The van der Waals surface area contributed by atoms with Crippen LogP contribution in [-0.4, -0.2) is 19.1 Å². The molecule has 19 heavy (non-hydrogen) atoms. The highest BCUT2D eigenvalue weighted by molar-refractivity contribution is 5.37. The number of aromatic nitrogens is 1. The van der Waals surface area contributed by atoms with Crippen LogP contribution in [0, 0.1) is 11.6 Å². The Labute approximate surface area is 110 Å². The maximum Gasteiger partial charge on any atom is 0.142 e. The van der Waals surface area contributed by atoms with Gasteiger partial charge in [-0.1, -0.05) is 6.07 Å². The van der Waals surface area contributed by atoms with Crippen molar-refractivity contribution in [3.8, 4) is 5.75 Å². The van der Waals surface area contributed by atoms with Gasteiger partial charge in [0.25, 0.3) is 0 Å². The Morgan fingerprint density at radius 2 is 2.05 bits per heavy atom. The summed E-state index contributed by atoms with van der Waals surface area (Å²) in [6.45, 7) is 0. The molecule has 1 aromatic heterocycles. The van der Waals surface area contributed by atoms with Crippen molar-refractivity contribution in [2.45, 2.75) is 6.04 Å². The van der Waals surface area contributed by atoms with E-state index in [0.717, 1.165) is 6.07 Å². The summed E-state index contributed by atoms with van der Waals surface area (Å²) >= 11 is 0. The van der Waals surface area contributed by atoms with Crippen molar-refractivity contribution in [3.63, 3.8) is 0 Å². The molecule has 1 heterocycles. The normalized spacial score (nSPS) is 12.2. The second-order valence-electron chi connectivity index (χ2n) is 3.98. The monoisotopic (exact) mass is 264 g/mol. The van der Waals surface area contributed by atoms with Gasteiger partial charge in [0, 0.05) is 17.8 Å². The molecule has 0 fully saturated rings. The van der Waals surface area contributed by atoms with Crippen LogP contribution in [0.3, 0.4) is 0 Å². The number of methoxy groups -OCH3 is 1. The SMILES string of the molecule is CNC(c1ccc(F)cc1F)c1ncccc1OC. The lowest BCUT2D eigenvalue weighted by molar-refractivity contribution is 0.400. The van der Waals surface area contributed by atoms with E-state index in [-0.39, 0.29) is 0 Å². The molecule has 0 spiro atoms. The van der Waals surface area contributed by atoms with Crippen LogP contribution < -0.4 is 10.1 Å². The molecule has 0 saturated heterocycles. The number of nitrogens with zero attached hydrogens (tertiary/aromatic N) is 1.